The number of benzene rings is 1. The topological polar surface area (TPSA) is 120 Å². The third-order valence-corrected chi connectivity index (χ3v) is 6.45. The maximum Gasteiger partial charge on any atom is 0.313 e. The second-order valence-corrected chi connectivity index (χ2v) is 9.36. The number of nitrogens with two attached hydrogens (primary N) is 1. The molecule has 1 saturated heterocycles. The van der Waals surface area contributed by atoms with Gasteiger partial charge >= 0.3 is 11.8 Å². The van der Waals surface area contributed by atoms with Crippen molar-refractivity contribution in [2.45, 2.75) is 52.6 Å². The van der Waals surface area contributed by atoms with Crippen LogP contribution in [0.3, 0.4) is 0 Å². The number of piperazine rings is 1. The minimum atomic E-state index is -0.806. The summed E-state index contributed by atoms with van der Waals surface area (Å²) in [7, 11) is 0. The third-order valence-electron chi connectivity index (χ3n) is 6.45. The molecule has 4 N–H and O–H groups in total. The Hall–Kier alpha value is -3.42. The lowest BCUT2D eigenvalue weighted by Gasteiger charge is -2.46. The Labute approximate surface area is 195 Å². The molecule has 0 radical (unpaired) electrons. The minimum Gasteiger partial charge on any atom is -0.403 e. The van der Waals surface area contributed by atoms with Crippen molar-refractivity contribution in [3.63, 3.8) is 0 Å². The molecule has 0 unspecified atom stereocenters. The quantitative estimate of drug-likeness (QED) is 0.362. The molecular weight excluding hydrogens is 418 g/mol. The van der Waals surface area contributed by atoms with E-state index in [1.54, 1.807) is 11.8 Å². The van der Waals surface area contributed by atoms with Crippen molar-refractivity contribution < 1.29 is 14.4 Å². The first-order valence-electron chi connectivity index (χ1n) is 11.2. The van der Waals surface area contributed by atoms with E-state index in [-0.39, 0.29) is 29.6 Å². The Bertz CT molecular complexity index is 1020. The molecule has 8 nitrogen and oxygen atoms in total. The van der Waals surface area contributed by atoms with Gasteiger partial charge in [-0.2, -0.15) is 0 Å². The highest BCUT2D eigenvalue weighted by Crippen LogP contribution is 2.47. The number of allylic oxidation sites excluding steroid dienone is 2. The van der Waals surface area contributed by atoms with E-state index in [9.17, 15) is 14.4 Å². The van der Waals surface area contributed by atoms with Gasteiger partial charge in [0.05, 0.1) is 11.7 Å². The molecule has 0 aromatic heterocycles. The summed E-state index contributed by atoms with van der Waals surface area (Å²) >= 11 is 0. The summed E-state index contributed by atoms with van der Waals surface area (Å²) in [6.07, 6.45) is 5.60. The van der Waals surface area contributed by atoms with Gasteiger partial charge < -0.3 is 26.3 Å². The second-order valence-electron chi connectivity index (χ2n) is 9.36. The van der Waals surface area contributed by atoms with Gasteiger partial charge in [-0.15, -0.1) is 0 Å². The van der Waals surface area contributed by atoms with Gasteiger partial charge in [-0.3, -0.25) is 14.4 Å². The number of nitrogens with zero attached hydrogens (tertiary/aromatic N) is 2. The van der Waals surface area contributed by atoms with Crippen LogP contribution in [0.15, 0.2) is 47.8 Å². The number of nitrogens with one attached hydrogen (secondary N) is 2. The fraction of sp³-hybridized carbons (Fsp3) is 0.440. The molecule has 1 heterocycles. The zero-order valence-corrected chi connectivity index (χ0v) is 19.7. The van der Waals surface area contributed by atoms with Crippen LogP contribution in [0, 0.1) is 17.7 Å². The fourth-order valence-electron chi connectivity index (χ4n) is 4.12. The van der Waals surface area contributed by atoms with Crippen LogP contribution < -0.4 is 11.1 Å². The van der Waals surface area contributed by atoms with Crippen LogP contribution in [0.2, 0.25) is 0 Å². The zero-order valence-electron chi connectivity index (χ0n) is 19.7. The van der Waals surface area contributed by atoms with Crippen molar-refractivity contribution in [2.24, 2.45) is 11.1 Å². The molecule has 1 aliphatic carbocycles. The van der Waals surface area contributed by atoms with E-state index in [0.29, 0.717) is 12.1 Å². The lowest BCUT2D eigenvalue weighted by molar-refractivity contribution is -0.154. The summed E-state index contributed by atoms with van der Waals surface area (Å²) in [5.41, 5.74) is 8.02. The van der Waals surface area contributed by atoms with Crippen molar-refractivity contribution in [2.75, 3.05) is 13.1 Å². The number of carbonyl (C=O) groups is 3. The first-order chi connectivity index (χ1) is 15.6. The van der Waals surface area contributed by atoms with Crippen LogP contribution in [0.5, 0.6) is 0 Å². The van der Waals surface area contributed by atoms with Gasteiger partial charge in [0.25, 0.3) is 0 Å². The third kappa shape index (κ3) is 5.32. The average Bonchev–Trinajstić information content (AvgIpc) is 3.55. The molecule has 2 fully saturated rings. The maximum absolute atomic E-state index is 13.3. The van der Waals surface area contributed by atoms with Crippen LogP contribution in [0.25, 0.3) is 0 Å². The molecule has 3 rings (SSSR count). The smallest absolute Gasteiger partial charge is 0.313 e. The summed E-state index contributed by atoms with van der Waals surface area (Å²) in [4.78, 5) is 42.7. The molecule has 1 aromatic carbocycles. The second kappa shape index (κ2) is 9.60. The SMILES string of the molecule is C/C(C=N)=C/C(=C\N)NC(=O)C(=O)N1C[C@@H](C)N(C(=O)C2(C)CC2)C[C@@H]1c1cccc(C)c1. The summed E-state index contributed by atoms with van der Waals surface area (Å²) in [6, 6.07) is 7.15. The molecule has 0 bridgehead atoms. The number of amides is 3. The van der Waals surface area contributed by atoms with Crippen LogP contribution in [0.1, 0.15) is 50.8 Å². The van der Waals surface area contributed by atoms with Crippen LogP contribution >= 0.6 is 0 Å². The molecule has 176 valence electrons. The molecule has 1 aliphatic heterocycles. The highest BCUT2D eigenvalue weighted by Gasteiger charge is 2.50. The number of hydrogen-bond acceptors (Lipinski definition) is 5. The number of rotatable bonds is 5. The van der Waals surface area contributed by atoms with Crippen LogP contribution in [-0.4, -0.2) is 52.9 Å². The molecule has 2 atom stereocenters. The predicted molar refractivity (Wildman–Crippen MR) is 127 cm³/mol. The van der Waals surface area contributed by atoms with Crippen molar-refractivity contribution in [1.29, 1.82) is 5.41 Å². The lowest BCUT2D eigenvalue weighted by atomic mass is 9.96. The van der Waals surface area contributed by atoms with Crippen molar-refractivity contribution in [1.82, 2.24) is 15.1 Å². The summed E-state index contributed by atoms with van der Waals surface area (Å²) in [5, 5.41) is 9.83. The number of carbonyl (C=O) groups excluding carboxylic acids is 3. The number of hydrogen-bond donors (Lipinski definition) is 3. The molecule has 0 spiro atoms. The van der Waals surface area contributed by atoms with Gasteiger partial charge in [0.1, 0.15) is 0 Å². The van der Waals surface area contributed by atoms with Gasteiger partial charge in [0.15, 0.2) is 0 Å². The maximum atomic E-state index is 13.3. The summed E-state index contributed by atoms with van der Waals surface area (Å²) < 4.78 is 0. The molecule has 33 heavy (non-hydrogen) atoms. The van der Waals surface area contributed by atoms with E-state index in [1.807, 2.05) is 49.9 Å². The van der Waals surface area contributed by atoms with Gasteiger partial charge in [0.2, 0.25) is 5.91 Å². The molecule has 1 saturated carbocycles. The predicted octanol–water partition coefficient (Wildman–Crippen LogP) is 2.41. The van der Waals surface area contributed by atoms with E-state index >= 15 is 0 Å². The Morgan fingerprint density at radius 3 is 2.48 bits per heavy atom. The van der Waals surface area contributed by atoms with Crippen LogP contribution in [-0.2, 0) is 14.4 Å². The Morgan fingerprint density at radius 2 is 1.91 bits per heavy atom. The van der Waals surface area contributed by atoms with Gasteiger partial charge in [-0.25, -0.2) is 0 Å². The van der Waals surface area contributed by atoms with E-state index in [1.165, 1.54) is 12.3 Å². The Balaban J connectivity index is 1.88. The molecule has 2 aliphatic rings. The molecular formula is C25H33N5O3. The molecule has 8 heteroatoms. The Kier molecular flexibility index (Phi) is 7.05. The standard InChI is InChI=1S/C25H33N5O3/c1-16-6-5-7-19(10-16)21-15-29(24(33)25(4)8-9-25)18(3)14-30(21)23(32)22(31)28-20(13-27)11-17(2)12-26/h5-7,10-13,18,21,26H,8-9,14-15,27H2,1-4H3,(H,28,31)/b17-11-,20-13+,26-12?/t18-,21-/m1/s1. The molecule has 3 amide bonds. The monoisotopic (exact) mass is 451 g/mol. The average molecular weight is 452 g/mol. The largest absolute Gasteiger partial charge is 0.403 e. The lowest BCUT2D eigenvalue weighted by Crippen LogP contribution is -2.59. The van der Waals surface area contributed by atoms with Crippen LogP contribution in [0.4, 0.5) is 0 Å². The van der Waals surface area contributed by atoms with E-state index in [2.05, 4.69) is 5.32 Å². The van der Waals surface area contributed by atoms with Gasteiger partial charge in [-0.05, 0) is 50.8 Å². The Morgan fingerprint density at radius 1 is 1.21 bits per heavy atom. The number of aryl methyl sites for hydroxylation is 1. The van der Waals surface area contributed by atoms with Gasteiger partial charge in [-0.1, -0.05) is 36.8 Å². The minimum absolute atomic E-state index is 0.116. The highest BCUT2D eigenvalue weighted by atomic mass is 16.2. The molecule has 1 aromatic rings. The van der Waals surface area contributed by atoms with E-state index in [0.717, 1.165) is 30.2 Å². The first kappa shape index (κ1) is 24.2. The van der Waals surface area contributed by atoms with E-state index in [4.69, 9.17) is 11.1 Å². The summed E-state index contributed by atoms with van der Waals surface area (Å²) in [6.45, 7) is 8.15. The van der Waals surface area contributed by atoms with Crippen molar-refractivity contribution >= 4 is 23.9 Å². The zero-order chi connectivity index (χ0) is 24.3. The highest BCUT2D eigenvalue weighted by molar-refractivity contribution is 6.35. The van der Waals surface area contributed by atoms with Crippen molar-refractivity contribution in [3.05, 3.63) is 58.9 Å². The van der Waals surface area contributed by atoms with E-state index < -0.39 is 17.9 Å². The summed E-state index contributed by atoms with van der Waals surface area (Å²) in [5.74, 6) is -1.37. The van der Waals surface area contributed by atoms with Gasteiger partial charge in [0, 0.05) is 37.0 Å². The fourth-order valence-corrected chi connectivity index (χ4v) is 4.12. The normalized spacial score (nSPS) is 22.5. The first-order valence-corrected chi connectivity index (χ1v) is 11.2. The van der Waals surface area contributed by atoms with Crippen molar-refractivity contribution in [3.8, 4) is 0 Å².